The van der Waals surface area contributed by atoms with Crippen molar-refractivity contribution in [3.8, 4) is 0 Å². The molecule has 10 heavy (non-hydrogen) atoms. The van der Waals surface area contributed by atoms with Crippen LogP contribution >= 0.6 is 0 Å². The van der Waals surface area contributed by atoms with E-state index in [1.807, 2.05) is 0 Å². The molecule has 1 aromatic carbocycles. The zero-order chi connectivity index (χ0) is 7.72. The number of rotatable bonds is 0. The van der Waals surface area contributed by atoms with Gasteiger partial charge in [-0.3, -0.25) is 0 Å². The summed E-state index contributed by atoms with van der Waals surface area (Å²) in [7, 11) is 0. The fraction of sp³-hybridized carbons (Fsp3) is 0.333. The van der Waals surface area contributed by atoms with E-state index < -0.39 is 0 Å². The van der Waals surface area contributed by atoms with Gasteiger partial charge in [-0.2, -0.15) is 0 Å². The van der Waals surface area contributed by atoms with Crippen LogP contribution in [-0.4, -0.2) is 0 Å². The standard InChI is InChI=1S/C9H11.Ag/c1-7-4-8(2)6-9(3)5-7;/h4-5H,1-3H3;. The minimum absolute atomic E-state index is 1.23. The van der Waals surface area contributed by atoms with Gasteiger partial charge in [-0.1, -0.05) is 0 Å². The first-order valence-electron chi connectivity index (χ1n) is 3.31. The molecule has 1 rings (SSSR count). The van der Waals surface area contributed by atoms with Crippen molar-refractivity contribution in [2.45, 2.75) is 20.8 Å². The molecule has 0 heterocycles. The quantitative estimate of drug-likeness (QED) is 0.592. The fourth-order valence-corrected chi connectivity index (χ4v) is 1.37. The van der Waals surface area contributed by atoms with Crippen molar-refractivity contribution in [2.24, 2.45) is 0 Å². The third-order valence-electron chi connectivity index (χ3n) is 1.52. The van der Waals surface area contributed by atoms with Crippen LogP contribution in [0.25, 0.3) is 0 Å². The minimum atomic E-state index is 1.23. The molecule has 0 fully saturated rings. The van der Waals surface area contributed by atoms with Gasteiger partial charge < -0.3 is 0 Å². The Morgan fingerprint density at radius 3 is 1.80 bits per heavy atom. The van der Waals surface area contributed by atoms with E-state index in [-0.39, 0.29) is 0 Å². The Bertz CT molecular complexity index is 228. The Morgan fingerprint density at radius 2 is 1.40 bits per heavy atom. The number of hydrogen-bond acceptors (Lipinski definition) is 0. The second-order valence-electron chi connectivity index (χ2n) is 2.67. The molecule has 0 bridgehead atoms. The Balaban J connectivity index is 3.31. The van der Waals surface area contributed by atoms with Crippen LogP contribution in [0.15, 0.2) is 12.1 Å². The van der Waals surface area contributed by atoms with Crippen LogP contribution in [0.1, 0.15) is 16.7 Å². The van der Waals surface area contributed by atoms with Crippen LogP contribution in [0.5, 0.6) is 0 Å². The molecule has 0 unspecified atom stereocenters. The number of benzene rings is 1. The maximum absolute atomic E-state index is 3.53. The molecule has 0 nitrogen and oxygen atoms in total. The van der Waals surface area contributed by atoms with Crippen LogP contribution in [0, 0.1) is 20.8 Å². The van der Waals surface area contributed by atoms with Crippen molar-refractivity contribution in [2.75, 3.05) is 0 Å². The summed E-state index contributed by atoms with van der Waals surface area (Å²) in [6, 6.07) is 4.35. The molecular weight excluding hydrogens is 216 g/mol. The van der Waals surface area contributed by atoms with E-state index in [9.17, 15) is 0 Å². The SMILES string of the molecule is Cc1cc(C)[c]([Ag])c(C)c1. The molecule has 0 amide bonds. The van der Waals surface area contributed by atoms with Crippen LogP contribution in [0.2, 0.25) is 0 Å². The molecule has 0 aromatic heterocycles. The van der Waals surface area contributed by atoms with Crippen molar-refractivity contribution < 1.29 is 21.1 Å². The van der Waals surface area contributed by atoms with Gasteiger partial charge in [0.25, 0.3) is 0 Å². The Hall–Kier alpha value is -0.0397. The molecule has 0 aliphatic rings. The van der Waals surface area contributed by atoms with Gasteiger partial charge in [-0.25, -0.2) is 0 Å². The summed E-state index contributed by atoms with van der Waals surface area (Å²) in [5, 5.41) is 0. The average molecular weight is 227 g/mol. The summed E-state index contributed by atoms with van der Waals surface area (Å²) in [5.74, 6) is 0. The molecule has 0 spiro atoms. The molecule has 0 atom stereocenters. The van der Waals surface area contributed by atoms with Crippen LogP contribution in [-0.2, 0) is 21.1 Å². The Kier molecular flexibility index (Phi) is 2.35. The van der Waals surface area contributed by atoms with Gasteiger partial charge in [-0.15, -0.1) is 0 Å². The second-order valence-corrected chi connectivity index (χ2v) is 3.42. The Morgan fingerprint density at radius 1 is 1.00 bits per heavy atom. The van der Waals surface area contributed by atoms with Crippen LogP contribution in [0.4, 0.5) is 0 Å². The molecule has 1 aromatic rings. The summed E-state index contributed by atoms with van der Waals surface area (Å²) in [5.41, 5.74) is 3.96. The number of hydrogen-bond donors (Lipinski definition) is 0. The molecule has 1 heteroatoms. The van der Waals surface area contributed by atoms with Crippen LogP contribution < -0.4 is 3.78 Å². The molecule has 0 saturated heterocycles. The monoisotopic (exact) mass is 226 g/mol. The topological polar surface area (TPSA) is 0 Å². The third kappa shape index (κ3) is 1.51. The summed E-state index contributed by atoms with van der Waals surface area (Å²) < 4.78 is 1.23. The molecule has 58 valence electrons. The first kappa shape index (κ1) is 8.06. The van der Waals surface area contributed by atoms with E-state index in [0.29, 0.717) is 0 Å². The fourth-order valence-electron chi connectivity index (χ4n) is 1.15. The normalized spacial score (nSPS) is 10.1. The molecular formula is C9H11Ag. The molecule has 0 saturated carbocycles. The molecule has 0 aliphatic carbocycles. The molecule has 0 N–H and O–H groups in total. The van der Waals surface area contributed by atoms with Gasteiger partial charge in [-0.05, 0) is 0 Å². The maximum atomic E-state index is 3.53. The zero-order valence-corrected chi connectivity index (χ0v) is 7.94. The first-order valence-corrected chi connectivity index (χ1v) is 4.05. The van der Waals surface area contributed by atoms with E-state index in [1.165, 1.54) is 20.5 Å². The summed E-state index contributed by atoms with van der Waals surface area (Å²) in [6.45, 7) is 6.35. The van der Waals surface area contributed by atoms with Gasteiger partial charge in [0.1, 0.15) is 0 Å². The van der Waals surface area contributed by atoms with Crippen molar-refractivity contribution in [1.82, 2.24) is 0 Å². The number of aryl methyl sites for hydroxylation is 3. The first-order chi connectivity index (χ1) is 4.61. The zero-order valence-electron chi connectivity index (χ0n) is 6.46. The van der Waals surface area contributed by atoms with E-state index in [1.54, 1.807) is 0 Å². The van der Waals surface area contributed by atoms with Crippen molar-refractivity contribution >= 4 is 3.78 Å². The summed E-state index contributed by atoms with van der Waals surface area (Å²) in [4.78, 5) is 0. The van der Waals surface area contributed by atoms with Crippen LogP contribution in [0.3, 0.4) is 0 Å². The molecule has 0 radical (unpaired) electrons. The Labute approximate surface area is 74.6 Å². The summed E-state index contributed by atoms with van der Waals surface area (Å²) >= 11 is 3.53. The van der Waals surface area contributed by atoms with Gasteiger partial charge in [0.05, 0.1) is 0 Å². The van der Waals surface area contributed by atoms with Gasteiger partial charge in [0.15, 0.2) is 0 Å². The van der Waals surface area contributed by atoms with Crippen molar-refractivity contribution in [3.63, 3.8) is 0 Å². The average Bonchev–Trinajstić information content (AvgIpc) is 1.82. The van der Waals surface area contributed by atoms with Gasteiger partial charge in [0.2, 0.25) is 0 Å². The van der Waals surface area contributed by atoms with E-state index in [2.05, 4.69) is 54.0 Å². The second kappa shape index (κ2) is 2.91. The van der Waals surface area contributed by atoms with Crippen molar-refractivity contribution in [1.29, 1.82) is 0 Å². The van der Waals surface area contributed by atoms with E-state index in [0.717, 1.165) is 0 Å². The van der Waals surface area contributed by atoms with E-state index in [4.69, 9.17) is 0 Å². The predicted molar refractivity (Wildman–Crippen MR) is 40.3 cm³/mol. The summed E-state index contributed by atoms with van der Waals surface area (Å²) in [6.07, 6.45) is 0. The third-order valence-corrected chi connectivity index (χ3v) is 2.69. The predicted octanol–water partition coefficient (Wildman–Crippen LogP) is 1.78. The van der Waals surface area contributed by atoms with Gasteiger partial charge in [0, 0.05) is 0 Å². The molecule has 0 aliphatic heterocycles. The van der Waals surface area contributed by atoms with E-state index >= 15 is 0 Å². The van der Waals surface area contributed by atoms with Crippen molar-refractivity contribution in [3.05, 3.63) is 28.8 Å². The van der Waals surface area contributed by atoms with Gasteiger partial charge >= 0.3 is 74.4 Å².